The Kier molecular flexibility index (Phi) is 34.1. The molecule has 11 heterocycles. The van der Waals surface area contributed by atoms with E-state index in [1.165, 1.54) is 80.8 Å². The van der Waals surface area contributed by atoms with Crippen LogP contribution in [0.25, 0.3) is 0 Å². The molecule has 0 spiro atoms. The maximum absolute atomic E-state index is 12.0. The van der Waals surface area contributed by atoms with Crippen molar-refractivity contribution in [3.63, 3.8) is 0 Å². The predicted octanol–water partition coefficient (Wildman–Crippen LogP) is 0.570. The third-order valence-corrected chi connectivity index (χ3v) is 17.7. The molecule has 7 N–H and O–H groups in total. The normalized spacial score (nSPS) is 33.0. The lowest BCUT2D eigenvalue weighted by molar-refractivity contribution is -0.152. The Labute approximate surface area is 587 Å². The molecule has 10 aliphatic heterocycles. The zero-order chi connectivity index (χ0) is 74.2. The van der Waals surface area contributed by atoms with Crippen molar-refractivity contribution >= 4 is 46.8 Å². The van der Waals surface area contributed by atoms with Crippen LogP contribution in [0.15, 0.2) is 72.2 Å². The zero-order valence-corrected chi connectivity index (χ0v) is 58.9. The number of aliphatic hydroxyl groups excluding tert-OH is 7. The fraction of sp³-hybridized carbons (Fsp3) is 0.696. The predicted molar refractivity (Wildman–Crippen MR) is 353 cm³/mol. The van der Waals surface area contributed by atoms with E-state index in [-0.39, 0.29) is 141 Å². The number of allylic oxidation sites excluding steroid dienone is 4. The number of methoxy groups -OCH3 is 1. The van der Waals surface area contributed by atoms with Crippen molar-refractivity contribution < 1.29 is 126 Å². The first-order valence-electron chi connectivity index (χ1n) is 34.6. The van der Waals surface area contributed by atoms with Gasteiger partial charge in [0.2, 0.25) is 23.6 Å². The highest BCUT2D eigenvalue weighted by molar-refractivity contribution is 6.08. The first-order chi connectivity index (χ1) is 48.4. The van der Waals surface area contributed by atoms with Gasteiger partial charge in [0.1, 0.15) is 54.9 Å². The minimum absolute atomic E-state index is 0.0182. The van der Waals surface area contributed by atoms with Crippen LogP contribution >= 0.6 is 0 Å². The second-order valence-electron chi connectivity index (χ2n) is 25.2. The molecule has 0 bridgehead atoms. The van der Waals surface area contributed by atoms with E-state index in [0.29, 0.717) is 45.3 Å². The molecule has 0 saturated carbocycles. The van der Waals surface area contributed by atoms with Crippen LogP contribution in [0.4, 0.5) is 0 Å². The summed E-state index contributed by atoms with van der Waals surface area (Å²) in [5, 5.41) is 65.6. The van der Waals surface area contributed by atoms with Crippen molar-refractivity contribution in [2.45, 2.75) is 230 Å². The Morgan fingerprint density at radius 2 is 0.772 bits per heavy atom. The smallest absolute Gasteiger partial charge is 0.236 e. The maximum Gasteiger partial charge on any atom is 0.236 e. The second-order valence-corrected chi connectivity index (χ2v) is 25.2. The van der Waals surface area contributed by atoms with E-state index in [9.17, 15) is 68.7 Å². The van der Waals surface area contributed by atoms with Crippen molar-refractivity contribution in [2.75, 3.05) is 66.6 Å². The van der Waals surface area contributed by atoms with Gasteiger partial charge < -0.3 is 87.9 Å². The summed E-state index contributed by atoms with van der Waals surface area (Å²) in [4.78, 5) is 109. The Balaban J connectivity index is 0.000000195. The Hall–Kier alpha value is -6.41. The van der Waals surface area contributed by atoms with Crippen LogP contribution in [0, 0.1) is 11.8 Å². The van der Waals surface area contributed by atoms with Gasteiger partial charge in [-0.2, -0.15) is 0 Å². The van der Waals surface area contributed by atoms with E-state index in [4.69, 9.17) is 57.6 Å². The number of aliphatic hydroxyl groups is 7. The van der Waals surface area contributed by atoms with E-state index >= 15 is 0 Å². The molecule has 32 nitrogen and oxygen atoms in total. The number of nitrogens with zero attached hydrogens (tertiary/aromatic N) is 5. The number of rotatable bonds is 23. The summed E-state index contributed by atoms with van der Waals surface area (Å²) in [6, 6.07) is 2.75. The molecule has 10 aliphatic rings. The number of hydrogen-bond donors (Lipinski definition) is 7. The average molecular weight is 1430 g/mol. The molecule has 1 aromatic heterocycles. The third kappa shape index (κ3) is 21.6. The van der Waals surface area contributed by atoms with Crippen LogP contribution in [0.3, 0.4) is 0 Å². The number of ketones is 4. The van der Waals surface area contributed by atoms with E-state index in [2.05, 4.69) is 25.5 Å². The van der Waals surface area contributed by atoms with Gasteiger partial charge in [0.25, 0.3) is 0 Å². The second kappa shape index (κ2) is 41.2. The number of ether oxygens (including phenoxy) is 11. The molecule has 0 radical (unpaired) electrons. The molecule has 0 unspecified atom stereocenters. The van der Waals surface area contributed by atoms with E-state index in [1.807, 2.05) is 34.6 Å². The van der Waals surface area contributed by atoms with Gasteiger partial charge in [0.05, 0.1) is 77.0 Å². The number of aromatic nitrogens is 1. The molecule has 20 atom stereocenters. The summed E-state index contributed by atoms with van der Waals surface area (Å²) in [6.07, 6.45) is 7.00. The summed E-state index contributed by atoms with van der Waals surface area (Å²) in [7, 11) is 1.55. The molecule has 1 aromatic rings. The molecule has 0 aliphatic carbocycles. The van der Waals surface area contributed by atoms with Crippen LogP contribution < -0.4 is 10.2 Å². The van der Waals surface area contributed by atoms with Gasteiger partial charge >= 0.3 is 0 Å². The van der Waals surface area contributed by atoms with Crippen LogP contribution in [0.2, 0.25) is 0 Å². The highest BCUT2D eigenvalue weighted by Crippen LogP contribution is 2.40. The fourth-order valence-corrected chi connectivity index (χ4v) is 12.4. The average Bonchev–Trinajstić information content (AvgIpc) is 1.62. The van der Waals surface area contributed by atoms with Gasteiger partial charge in [-0.25, -0.2) is 0 Å². The van der Waals surface area contributed by atoms with Crippen molar-refractivity contribution in [2.24, 2.45) is 11.8 Å². The number of pyridine rings is 1. The number of carbonyl (C=O) groups is 8. The van der Waals surface area contributed by atoms with Crippen molar-refractivity contribution in [1.29, 1.82) is 0 Å². The summed E-state index contributed by atoms with van der Waals surface area (Å²) in [5.74, 6) is -1.48. The third-order valence-electron chi connectivity index (χ3n) is 17.7. The van der Waals surface area contributed by atoms with Gasteiger partial charge in [-0.05, 0) is 62.8 Å². The highest BCUT2D eigenvalue weighted by Gasteiger charge is 2.53. The van der Waals surface area contributed by atoms with E-state index in [0.717, 1.165) is 32.1 Å². The molecule has 5 saturated heterocycles. The van der Waals surface area contributed by atoms with Gasteiger partial charge in [-0.1, -0.05) is 55.4 Å². The van der Waals surface area contributed by atoms with Crippen molar-refractivity contribution in [3.05, 3.63) is 77.7 Å². The maximum atomic E-state index is 12.0. The van der Waals surface area contributed by atoms with Crippen LogP contribution in [-0.4, -0.2) is 278 Å². The lowest BCUT2D eigenvalue weighted by Gasteiger charge is -2.31. The van der Waals surface area contributed by atoms with Gasteiger partial charge in [-0.3, -0.25) is 67.3 Å². The molecule has 11 rings (SSSR count). The standard InChI is InChI=1S/C15H23NO4.2C14H21NO5.C13H19NO6.C10H11NO5.C3H8O2/c1-4-8-19-14-10(3)12(5-2)20-15(14)16-7-6-11(17)9-13(16)18;1-3-6-19-13-9(2)11(8-16)20-14(13)15-5-4-10(17)7-12(15)18;1-3-7-19-13-12(18)10(4-2)20-14(13)15-6-5-9(16)8-11(15)17;1-2-5-19-12-11(18)9(7-15)20-13(12)14-4-3-8(16)6-10(14)17;12-4-6-8(14)9-10(15-6)11-2-1-5(13)3-7(11)16-9;1-5-3-2-4/h6-7,10,12,14-15H,4-5,8-9H2,1-3H3;4-5,9,11,13-14,16H,3,6-8H2,1-2H3;5-6,10,12-14,18H,3-4,7-8H2,1-2H3;3-4,9,11-13,15,18H,2,5-7H2,1H3;1-3,6,8-10,12,14H,4H2;4H,2-3H2,1H3/t10-,12-,14-,15-;9-,11-,13-,14-;10-,12-,13-,14-;9-,11-,12-,13-;6-,8-,9+,10-;/m11111./s1. The van der Waals surface area contributed by atoms with Gasteiger partial charge in [0, 0.05) is 88.5 Å². The topological polar surface area (TPSA) is 415 Å². The minimum atomic E-state index is -1.02. The quantitative estimate of drug-likeness (QED) is 0.0736. The van der Waals surface area contributed by atoms with Gasteiger partial charge in [-0.15, -0.1) is 0 Å². The molecular formula is C69H103N5O27. The molecule has 0 aromatic carbocycles. The largest absolute Gasteiger partial charge is 0.468 e. The zero-order valence-electron chi connectivity index (χ0n) is 58.9. The summed E-state index contributed by atoms with van der Waals surface area (Å²) >= 11 is 0. The molecule has 101 heavy (non-hydrogen) atoms. The number of carbonyl (C=O) groups excluding carboxylic acids is 8. The Morgan fingerprint density at radius 3 is 1.13 bits per heavy atom. The van der Waals surface area contributed by atoms with Crippen molar-refractivity contribution in [3.8, 4) is 5.88 Å². The summed E-state index contributed by atoms with van der Waals surface area (Å²) in [6.45, 7) is 17.9. The Bertz CT molecular complexity index is 2770. The molecule has 32 heteroatoms. The lowest BCUT2D eigenvalue weighted by Crippen LogP contribution is -2.47. The monoisotopic (exact) mass is 1430 g/mol. The number of hydrogen-bond acceptors (Lipinski definition) is 27. The highest BCUT2D eigenvalue weighted by atomic mass is 16.6. The molecule has 5 fully saturated rings. The van der Waals surface area contributed by atoms with E-state index < -0.39 is 85.9 Å². The molecule has 566 valence electrons. The van der Waals surface area contributed by atoms with Crippen molar-refractivity contribution in [1.82, 2.24) is 24.2 Å². The summed E-state index contributed by atoms with van der Waals surface area (Å²) in [5.41, 5.74) is -0.153. The first-order valence-corrected chi connectivity index (χ1v) is 34.6. The SMILES string of the molecule is CCCO[C@@H]1[C@H](C)[C@@H](CC)O[C@H]1N1C=CC(=O)CC1=O.CCCO[C@@H]1[C@H](C)[C@@H](CO)O[C@H]1N1C=CC(=O)CC1=O.CCCO[C@@H]1[C@H](O)[C@@H](CC)O[C@H]1N1C=CC(=O)CC1=O.CCCO[C@@H]1[C@H](O)[C@@H](CO)O[C@H]1N1C=CC(=O)CC1=O.COCCO.O=c1ccn2c(c1)O[C@H]1[C@H](O)[C@@H](CO)O[C@H]12. The molecular weight excluding hydrogens is 1330 g/mol. The van der Waals surface area contributed by atoms with Crippen LogP contribution in [0.1, 0.15) is 126 Å². The summed E-state index contributed by atoms with van der Waals surface area (Å²) < 4.78 is 62.8. The van der Waals surface area contributed by atoms with Gasteiger partial charge in [0.15, 0.2) is 71.7 Å². The fourth-order valence-electron chi connectivity index (χ4n) is 12.4. The van der Waals surface area contributed by atoms with Crippen LogP contribution in [0.5, 0.6) is 5.88 Å². The Morgan fingerprint density at radius 1 is 0.436 bits per heavy atom. The van der Waals surface area contributed by atoms with E-state index in [1.54, 1.807) is 17.9 Å². The number of fused-ring (bicyclic) bond motifs is 3. The molecule has 4 amide bonds. The minimum Gasteiger partial charge on any atom is -0.468 e. The lowest BCUT2D eigenvalue weighted by atomic mass is 9.98. The number of amides is 4. The van der Waals surface area contributed by atoms with Crippen LogP contribution in [-0.2, 0) is 85.7 Å². The first kappa shape index (κ1) is 83.5.